The molecule has 1 heterocycles. The van der Waals surface area contributed by atoms with Crippen LogP contribution >= 0.6 is 22.9 Å². The standard InChI is InChI=1S/C15H18ClNO2S/c1-9(2)14(15(18)19-3)17-8-12-13(16)10-6-4-5-7-11(10)20-12/h4-7,9,14,17H,8H2,1-3H3. The molecule has 0 aliphatic rings. The van der Waals surface area contributed by atoms with Crippen molar-refractivity contribution >= 4 is 39.0 Å². The van der Waals surface area contributed by atoms with Crippen LogP contribution in [-0.4, -0.2) is 19.1 Å². The molecule has 1 aromatic heterocycles. The number of carbonyl (C=O) groups excluding carboxylic acids is 1. The van der Waals surface area contributed by atoms with Gasteiger partial charge >= 0.3 is 5.97 Å². The first-order valence-corrected chi connectivity index (χ1v) is 7.71. The number of methoxy groups -OCH3 is 1. The highest BCUT2D eigenvalue weighted by atomic mass is 35.5. The van der Waals surface area contributed by atoms with Gasteiger partial charge in [0.15, 0.2) is 0 Å². The van der Waals surface area contributed by atoms with E-state index in [1.165, 1.54) is 7.11 Å². The van der Waals surface area contributed by atoms with Gasteiger partial charge in [-0.15, -0.1) is 11.3 Å². The molecule has 1 atom stereocenters. The minimum absolute atomic E-state index is 0.163. The molecule has 0 saturated heterocycles. The largest absolute Gasteiger partial charge is 0.468 e. The van der Waals surface area contributed by atoms with Crippen LogP contribution in [0.2, 0.25) is 5.02 Å². The van der Waals surface area contributed by atoms with Crippen LogP contribution in [0.5, 0.6) is 0 Å². The number of esters is 1. The highest BCUT2D eigenvalue weighted by Crippen LogP contribution is 2.35. The molecule has 0 radical (unpaired) electrons. The zero-order chi connectivity index (χ0) is 14.7. The van der Waals surface area contributed by atoms with Crippen molar-refractivity contribution in [2.75, 3.05) is 7.11 Å². The number of ether oxygens (including phenoxy) is 1. The Morgan fingerprint density at radius 3 is 2.70 bits per heavy atom. The van der Waals surface area contributed by atoms with Crippen LogP contribution in [0.3, 0.4) is 0 Å². The van der Waals surface area contributed by atoms with Gasteiger partial charge in [-0.05, 0) is 12.0 Å². The molecular formula is C15H18ClNO2S. The number of rotatable bonds is 5. The second kappa shape index (κ2) is 6.57. The van der Waals surface area contributed by atoms with Crippen molar-refractivity contribution in [1.82, 2.24) is 5.32 Å². The molecule has 3 nitrogen and oxygen atoms in total. The maximum Gasteiger partial charge on any atom is 0.323 e. The summed E-state index contributed by atoms with van der Waals surface area (Å²) in [5.74, 6) is -0.0761. The summed E-state index contributed by atoms with van der Waals surface area (Å²) < 4.78 is 5.98. The predicted molar refractivity (Wildman–Crippen MR) is 84.3 cm³/mol. The number of benzene rings is 1. The van der Waals surface area contributed by atoms with E-state index < -0.39 is 0 Å². The van der Waals surface area contributed by atoms with E-state index in [4.69, 9.17) is 16.3 Å². The van der Waals surface area contributed by atoms with Crippen molar-refractivity contribution in [2.45, 2.75) is 26.4 Å². The Hall–Kier alpha value is -1.10. The summed E-state index contributed by atoms with van der Waals surface area (Å²) >= 11 is 8.04. The van der Waals surface area contributed by atoms with Gasteiger partial charge < -0.3 is 4.74 Å². The van der Waals surface area contributed by atoms with Gasteiger partial charge in [0.2, 0.25) is 0 Å². The summed E-state index contributed by atoms with van der Waals surface area (Å²) in [4.78, 5) is 12.8. The average Bonchev–Trinajstić information content (AvgIpc) is 2.75. The van der Waals surface area contributed by atoms with Gasteiger partial charge in [-0.25, -0.2) is 0 Å². The molecule has 108 valence electrons. The molecule has 0 bridgehead atoms. The topological polar surface area (TPSA) is 38.3 Å². The number of thiophene rings is 1. The maximum absolute atomic E-state index is 11.7. The predicted octanol–water partition coefficient (Wildman–Crippen LogP) is 3.84. The monoisotopic (exact) mass is 311 g/mol. The van der Waals surface area contributed by atoms with E-state index in [2.05, 4.69) is 11.4 Å². The summed E-state index contributed by atoms with van der Waals surface area (Å²) in [6.45, 7) is 4.54. The molecule has 0 saturated carbocycles. The van der Waals surface area contributed by atoms with Crippen molar-refractivity contribution in [3.05, 3.63) is 34.2 Å². The molecule has 2 rings (SSSR count). The van der Waals surface area contributed by atoms with Crippen molar-refractivity contribution < 1.29 is 9.53 Å². The fourth-order valence-corrected chi connectivity index (χ4v) is 3.55. The maximum atomic E-state index is 11.7. The fraction of sp³-hybridized carbons (Fsp3) is 0.400. The van der Waals surface area contributed by atoms with E-state index in [9.17, 15) is 4.79 Å². The quantitative estimate of drug-likeness (QED) is 0.853. The first kappa shape index (κ1) is 15.3. The van der Waals surface area contributed by atoms with Gasteiger partial charge in [0, 0.05) is 21.5 Å². The number of fused-ring (bicyclic) bond motifs is 1. The zero-order valence-corrected chi connectivity index (χ0v) is 13.3. The van der Waals surface area contributed by atoms with Crippen LogP contribution in [0.15, 0.2) is 24.3 Å². The van der Waals surface area contributed by atoms with E-state index in [0.29, 0.717) is 6.54 Å². The summed E-state index contributed by atoms with van der Waals surface area (Å²) in [6.07, 6.45) is 0. The van der Waals surface area contributed by atoms with E-state index in [-0.39, 0.29) is 17.9 Å². The minimum atomic E-state index is -0.318. The molecule has 0 aliphatic carbocycles. The second-order valence-corrected chi connectivity index (χ2v) is 6.48. The van der Waals surface area contributed by atoms with E-state index in [1.54, 1.807) is 11.3 Å². The first-order valence-electron chi connectivity index (χ1n) is 6.51. The van der Waals surface area contributed by atoms with Crippen molar-refractivity contribution in [3.8, 4) is 0 Å². The van der Waals surface area contributed by atoms with Gasteiger partial charge in [-0.1, -0.05) is 43.6 Å². The third-order valence-corrected chi connectivity index (χ3v) is 4.92. The van der Waals surface area contributed by atoms with Crippen LogP contribution < -0.4 is 5.32 Å². The lowest BCUT2D eigenvalue weighted by Gasteiger charge is -2.19. The summed E-state index contributed by atoms with van der Waals surface area (Å²) in [5.41, 5.74) is 0. The number of hydrogen-bond acceptors (Lipinski definition) is 4. The molecule has 0 amide bonds. The lowest BCUT2D eigenvalue weighted by Crippen LogP contribution is -2.41. The third-order valence-electron chi connectivity index (χ3n) is 3.21. The lowest BCUT2D eigenvalue weighted by molar-refractivity contribution is -0.144. The van der Waals surface area contributed by atoms with Crippen LogP contribution in [0, 0.1) is 5.92 Å². The SMILES string of the molecule is COC(=O)C(NCc1sc2ccccc2c1Cl)C(C)C. The van der Waals surface area contributed by atoms with Crippen LogP contribution in [0.1, 0.15) is 18.7 Å². The lowest BCUT2D eigenvalue weighted by atomic mass is 10.0. The Balaban J connectivity index is 2.16. The highest BCUT2D eigenvalue weighted by Gasteiger charge is 2.23. The Morgan fingerprint density at radius 2 is 2.10 bits per heavy atom. The Morgan fingerprint density at radius 1 is 1.40 bits per heavy atom. The summed E-state index contributed by atoms with van der Waals surface area (Å²) in [6, 6.07) is 7.72. The van der Waals surface area contributed by atoms with E-state index >= 15 is 0 Å². The summed E-state index contributed by atoms with van der Waals surface area (Å²) in [7, 11) is 1.41. The Kier molecular flexibility index (Phi) is 5.02. The van der Waals surface area contributed by atoms with Gasteiger partial charge in [-0.3, -0.25) is 10.1 Å². The Labute approximate surface area is 127 Å². The third kappa shape index (κ3) is 3.14. The number of nitrogens with one attached hydrogen (secondary N) is 1. The van der Waals surface area contributed by atoms with E-state index in [1.807, 2.05) is 32.0 Å². The molecule has 20 heavy (non-hydrogen) atoms. The van der Waals surface area contributed by atoms with Crippen molar-refractivity contribution in [2.24, 2.45) is 5.92 Å². The van der Waals surface area contributed by atoms with Gasteiger partial charge in [0.1, 0.15) is 6.04 Å². The number of carbonyl (C=O) groups is 1. The minimum Gasteiger partial charge on any atom is -0.468 e. The number of halogens is 1. The molecular weight excluding hydrogens is 294 g/mol. The molecule has 2 aromatic rings. The van der Waals surface area contributed by atoms with Gasteiger partial charge in [-0.2, -0.15) is 0 Å². The molecule has 1 N–H and O–H groups in total. The first-order chi connectivity index (χ1) is 9.54. The molecule has 1 unspecified atom stereocenters. The van der Waals surface area contributed by atoms with Crippen LogP contribution in [0.25, 0.3) is 10.1 Å². The van der Waals surface area contributed by atoms with Crippen molar-refractivity contribution in [3.63, 3.8) is 0 Å². The highest BCUT2D eigenvalue weighted by molar-refractivity contribution is 7.19. The van der Waals surface area contributed by atoms with Gasteiger partial charge in [0.05, 0.1) is 12.1 Å². The van der Waals surface area contributed by atoms with Crippen LogP contribution in [-0.2, 0) is 16.1 Å². The average molecular weight is 312 g/mol. The molecule has 0 spiro atoms. The molecule has 5 heteroatoms. The van der Waals surface area contributed by atoms with Gasteiger partial charge in [0.25, 0.3) is 0 Å². The van der Waals surface area contributed by atoms with Crippen molar-refractivity contribution in [1.29, 1.82) is 0 Å². The fourth-order valence-electron chi connectivity index (χ4n) is 2.10. The summed E-state index contributed by atoms with van der Waals surface area (Å²) in [5, 5.41) is 5.07. The number of hydrogen-bond donors (Lipinski definition) is 1. The molecule has 0 aliphatic heterocycles. The molecule has 0 fully saturated rings. The molecule has 1 aromatic carbocycles. The normalized spacial score (nSPS) is 12.8. The Bertz CT molecular complexity index is 609. The zero-order valence-electron chi connectivity index (χ0n) is 11.8. The second-order valence-electron chi connectivity index (χ2n) is 4.96. The van der Waals surface area contributed by atoms with Crippen LogP contribution in [0.4, 0.5) is 0 Å². The van der Waals surface area contributed by atoms with E-state index in [0.717, 1.165) is 20.0 Å². The smallest absolute Gasteiger partial charge is 0.323 e.